The molecule has 668 valence electrons. The Morgan fingerprint density at radius 2 is 1.20 bits per heavy atom. The number of aromatic hydroxyl groups is 1. The number of nitrogens with one attached hydrogen (secondary N) is 11. The zero-order chi connectivity index (χ0) is 90.3. The van der Waals surface area contributed by atoms with Crippen LogP contribution in [0.5, 0.6) is 5.75 Å². The smallest absolute Gasteiger partial charge is 0.329 e. The first kappa shape index (κ1) is 102. The molecule has 0 spiro atoms. The van der Waals surface area contributed by atoms with Crippen molar-refractivity contribution in [3.8, 4) is 5.75 Å². The van der Waals surface area contributed by atoms with Gasteiger partial charge in [-0.3, -0.25) is 82.7 Å². The minimum absolute atomic E-state index is 0.0341. The first-order valence-corrected chi connectivity index (χ1v) is 39.8. The molecule has 0 bridgehead atoms. The third kappa shape index (κ3) is 32.5. The highest BCUT2D eigenvalue weighted by atomic mass is 16.5. The molecule has 4 unspecified atom stereocenters. The molecule has 42 heteroatoms. The van der Waals surface area contributed by atoms with Crippen LogP contribution in [0.15, 0.2) is 24.3 Å². The number of Topliss-reactive ketones (excluding diaryl/α,β-unsaturated/α-hetero) is 2. The average molecular weight is 1690 g/mol. The Bertz CT molecular complexity index is 3720. The lowest BCUT2D eigenvalue weighted by molar-refractivity contribution is -0.165. The van der Waals surface area contributed by atoms with Crippen LogP contribution in [0.3, 0.4) is 0 Å². The number of ether oxygens (including phenoxy) is 2. The van der Waals surface area contributed by atoms with E-state index in [4.69, 9.17) is 54.7 Å². The molecule has 0 aliphatic carbocycles. The number of hydrogen-bond acceptors (Lipinski definition) is 25. The summed E-state index contributed by atoms with van der Waals surface area (Å²) in [5.41, 5.74) is 33.8. The van der Waals surface area contributed by atoms with Crippen molar-refractivity contribution in [2.24, 2.45) is 81.7 Å². The third-order valence-electron chi connectivity index (χ3n) is 21.3. The predicted molar refractivity (Wildman–Crippen MR) is 428 cm³/mol. The van der Waals surface area contributed by atoms with E-state index in [0.29, 0.717) is 6.42 Å². The number of carbonyl (C=O) groups is 16. The Morgan fingerprint density at radius 1 is 0.622 bits per heavy atom. The van der Waals surface area contributed by atoms with E-state index in [9.17, 15) is 68.7 Å². The van der Waals surface area contributed by atoms with Crippen molar-refractivity contribution in [1.29, 1.82) is 10.8 Å². The van der Waals surface area contributed by atoms with Gasteiger partial charge in [0.2, 0.25) is 70.9 Å². The van der Waals surface area contributed by atoms with Gasteiger partial charge in [-0.2, -0.15) is 0 Å². The third-order valence-corrected chi connectivity index (χ3v) is 21.3. The zero-order valence-electron chi connectivity index (χ0n) is 69.8. The van der Waals surface area contributed by atoms with Crippen LogP contribution in [-0.2, 0) is 86.2 Å². The van der Waals surface area contributed by atoms with Gasteiger partial charge in [-0.05, 0) is 125 Å². The normalized spacial score (nSPS) is 23.4. The van der Waals surface area contributed by atoms with Gasteiger partial charge in [0.1, 0.15) is 60.3 Å². The van der Waals surface area contributed by atoms with Gasteiger partial charge in [0.25, 0.3) is 5.91 Å². The standard InChI is InChI=1S/C77H127N19O23/c1-35(2)29-37(5)61(104)40(8)66(108)89-48(33-56(79)102)53(99)31-44(17-15-26-86-76(82)83)62(105)63(106)72(114)92-58(38(6)39(7)65(81)107)54(100)32-46-42(10)119-75(117)52-19-13-14-28-96(52)74(116)50(34-57(80)103)91-71(113)60(64(118-12)43-20-22-45(98)23-21-43)94-69(111)51(24-25-55(78)101)95(11)73(115)49(30-36(3)4)90-68(110)47(18-16-27-87-77(84)85)88-70(112)59(41(9)97)93-67(46)109/h20-23,35-42,44,46-52,58-64,97-98,104-106H,13-19,24-34H2,1-12H3,(H2,78,101)(H2,79,102)(H2,80,103)(H2,81,107)(H,88,112)(H,89,108)(H,90,110)(H,91,113)(H,92,114)(H,93,109)(H,94,111)(H4,82,83,86)(H4,84,85,87)/t37-,38+,39-,40-,41-,42-,44-,46?,47-,48+,49+,50-,51+,52+,58?,59?,60?,61-,62-,63-,64-/m1/s1. The number of hydrogen-bond donors (Lipinski definition) is 22. The first-order chi connectivity index (χ1) is 55.5. The van der Waals surface area contributed by atoms with E-state index in [1.165, 1.54) is 45.0 Å². The maximum atomic E-state index is 15.5. The van der Waals surface area contributed by atoms with Gasteiger partial charge >= 0.3 is 5.97 Å². The molecule has 42 nitrogen and oxygen atoms in total. The summed E-state index contributed by atoms with van der Waals surface area (Å²) in [4.78, 5) is 232. The Hall–Kier alpha value is -10.7. The number of phenols is 1. The lowest BCUT2D eigenvalue weighted by atomic mass is 9.82. The van der Waals surface area contributed by atoms with Gasteiger partial charge < -0.3 is 127 Å². The second-order valence-electron chi connectivity index (χ2n) is 31.9. The van der Waals surface area contributed by atoms with Gasteiger partial charge in [0.15, 0.2) is 29.6 Å². The molecule has 2 aliphatic heterocycles. The van der Waals surface area contributed by atoms with E-state index in [0.717, 1.165) is 37.8 Å². The fourth-order valence-electron chi connectivity index (χ4n) is 14.4. The number of phenolic OH excluding ortho intramolecular Hbond substituents is 1. The van der Waals surface area contributed by atoms with E-state index in [1.807, 2.05) is 13.8 Å². The van der Waals surface area contributed by atoms with E-state index < -0.39 is 277 Å². The average Bonchev–Trinajstić information content (AvgIpc) is 0.995. The number of likely N-dealkylation sites (N-methyl/N-ethyl adjacent to an activating group) is 1. The summed E-state index contributed by atoms with van der Waals surface area (Å²) in [6.45, 7) is 14.4. The SMILES string of the molecule is CO[C@H](c1ccc(O)cc1)C1NC(=O)[C@H](CCC(N)=O)N(C)C(=O)[C@H](CC(C)C)NC(=O)[C@@H](CCCNC(=N)N)NC(=O)C([C@@H](C)O)NC(=O)C(CC(=O)C(NC(=O)[C@H](O)[C@H](O)[C@H](CCCNC(=N)N)CC(=O)[C@H](CC(N)=O)NC(=O)[C@H](C)[C@H](O)[C@H](C)CC(C)C)[C@@H](C)[C@@H](C)C(N)=O)[C@@H](C)OC(=O)[C@@H]2CCCCN2C(=O)[C@@H](CC(N)=O)NC1=O. The minimum atomic E-state index is -2.62. The minimum Gasteiger partial charge on any atom is -0.508 e. The number of nitrogens with zero attached hydrogens (tertiary/aromatic N) is 2. The molecule has 3 rings (SSSR count). The lowest BCUT2D eigenvalue weighted by Crippen LogP contribution is -2.62. The number of esters is 1. The summed E-state index contributed by atoms with van der Waals surface area (Å²) >= 11 is 0. The zero-order valence-corrected chi connectivity index (χ0v) is 69.8. The van der Waals surface area contributed by atoms with Gasteiger partial charge in [-0.25, -0.2) is 4.79 Å². The molecule has 1 aromatic rings. The molecule has 0 radical (unpaired) electrons. The second-order valence-corrected chi connectivity index (χ2v) is 31.9. The summed E-state index contributed by atoms with van der Waals surface area (Å²) in [7, 11) is 2.26. The summed E-state index contributed by atoms with van der Waals surface area (Å²) < 4.78 is 11.8. The molecule has 0 saturated carbocycles. The Balaban J connectivity index is 2.43. The summed E-state index contributed by atoms with van der Waals surface area (Å²) in [6, 6.07) is -11.6. The van der Waals surface area contributed by atoms with E-state index in [1.54, 1.807) is 20.8 Å². The number of guanidine groups is 2. The van der Waals surface area contributed by atoms with Crippen LogP contribution in [-0.4, -0.2) is 260 Å². The summed E-state index contributed by atoms with van der Waals surface area (Å²) in [5, 5.41) is 94.5. The maximum Gasteiger partial charge on any atom is 0.329 e. The molecule has 1 aromatic carbocycles. The fraction of sp³-hybridized carbons (Fsp3) is 0.688. The van der Waals surface area contributed by atoms with E-state index in [-0.39, 0.29) is 88.2 Å². The van der Waals surface area contributed by atoms with Crippen molar-refractivity contribution in [3.63, 3.8) is 0 Å². The molecule has 13 amide bonds. The number of cyclic esters (lactones) is 1. The highest BCUT2D eigenvalue weighted by Crippen LogP contribution is 2.30. The van der Waals surface area contributed by atoms with Crippen LogP contribution in [0, 0.1) is 58.2 Å². The number of rotatable bonds is 40. The molecule has 2 saturated heterocycles. The fourth-order valence-corrected chi connectivity index (χ4v) is 14.4. The van der Waals surface area contributed by atoms with Crippen LogP contribution in [0.2, 0.25) is 0 Å². The number of methoxy groups -OCH3 is 1. The number of benzene rings is 1. The molecule has 0 aromatic heterocycles. The van der Waals surface area contributed by atoms with E-state index in [2.05, 4.69) is 47.9 Å². The van der Waals surface area contributed by atoms with Crippen molar-refractivity contribution in [3.05, 3.63) is 29.8 Å². The number of nitrogens with two attached hydrogens (primary N) is 6. The highest BCUT2D eigenvalue weighted by Gasteiger charge is 2.47. The first-order valence-electron chi connectivity index (χ1n) is 39.8. The van der Waals surface area contributed by atoms with Gasteiger partial charge in [-0.1, -0.05) is 67.5 Å². The molecule has 2 fully saturated rings. The number of ketones is 2. The van der Waals surface area contributed by atoms with Gasteiger partial charge in [0.05, 0.1) is 55.1 Å². The molecule has 21 atom stereocenters. The van der Waals surface area contributed by atoms with Crippen molar-refractivity contribution in [2.75, 3.05) is 33.8 Å². The van der Waals surface area contributed by atoms with Crippen molar-refractivity contribution in [2.45, 2.75) is 257 Å². The number of primary amides is 4. The molecule has 119 heavy (non-hydrogen) atoms. The summed E-state index contributed by atoms with van der Waals surface area (Å²) in [6.07, 6.45) is -16.7. The van der Waals surface area contributed by atoms with Crippen LogP contribution in [0.4, 0.5) is 0 Å². The molecular weight excluding hydrogens is 1560 g/mol. The number of amides is 13. The molecule has 2 aliphatic rings. The van der Waals surface area contributed by atoms with Crippen molar-refractivity contribution >= 4 is 106 Å². The molecule has 28 N–H and O–H groups in total. The second kappa shape index (κ2) is 49.0. The monoisotopic (exact) mass is 1690 g/mol. The lowest BCUT2D eigenvalue weighted by Gasteiger charge is -2.38. The molecular formula is C77H127N19O23. The number of aliphatic hydroxyl groups is 4. The van der Waals surface area contributed by atoms with Gasteiger partial charge in [-0.15, -0.1) is 0 Å². The highest BCUT2D eigenvalue weighted by molar-refractivity contribution is 6.01. The van der Waals surface area contributed by atoms with E-state index >= 15 is 33.6 Å². The maximum absolute atomic E-state index is 15.5. The largest absolute Gasteiger partial charge is 0.508 e. The predicted octanol–water partition coefficient (Wildman–Crippen LogP) is -5.09. The van der Waals surface area contributed by atoms with Crippen LogP contribution < -0.4 is 82.3 Å². The number of fused-ring (bicyclic) bond motifs is 1. The number of aliphatic hydroxyl groups excluding tert-OH is 4. The Morgan fingerprint density at radius 3 is 1.75 bits per heavy atom. The summed E-state index contributed by atoms with van der Waals surface area (Å²) in [5.74, 6) is -28.0. The molecule has 2 heterocycles. The van der Waals surface area contributed by atoms with Crippen molar-refractivity contribution < 1.29 is 112 Å². The Kier molecular flexibility index (Phi) is 42.2. The number of carbonyl (C=O) groups excluding carboxylic acids is 16. The van der Waals surface area contributed by atoms with Crippen molar-refractivity contribution in [1.82, 2.24) is 57.7 Å². The van der Waals surface area contributed by atoms with Crippen LogP contribution in [0.25, 0.3) is 0 Å². The topological polar surface area (TPSA) is 711 Å². The van der Waals surface area contributed by atoms with Crippen LogP contribution in [0.1, 0.15) is 177 Å². The Labute approximate surface area is 691 Å². The number of piperidine rings is 1. The van der Waals surface area contributed by atoms with Gasteiger partial charge in [0, 0.05) is 59.0 Å². The van der Waals surface area contributed by atoms with Crippen LogP contribution >= 0.6 is 0 Å². The quantitative estimate of drug-likeness (QED) is 0.0126.